The van der Waals surface area contributed by atoms with E-state index in [1.807, 2.05) is 30.3 Å². The summed E-state index contributed by atoms with van der Waals surface area (Å²) in [5.41, 5.74) is 5.13. The van der Waals surface area contributed by atoms with E-state index in [-0.39, 0.29) is 11.9 Å². The number of hydrogen-bond donors (Lipinski definition) is 1. The molecule has 1 amide bonds. The normalized spacial score (nSPS) is 20.9. The quantitative estimate of drug-likeness (QED) is 0.866. The molecular formula is C23H27N3O3. The van der Waals surface area contributed by atoms with Crippen LogP contribution in [0.25, 0.3) is 0 Å². The Kier molecular flexibility index (Phi) is 5.28. The Morgan fingerprint density at radius 2 is 1.83 bits per heavy atom. The van der Waals surface area contributed by atoms with Crippen LogP contribution in [0, 0.1) is 0 Å². The molecule has 6 heteroatoms. The van der Waals surface area contributed by atoms with E-state index < -0.39 is 0 Å². The van der Waals surface area contributed by atoms with Crippen molar-refractivity contribution in [3.05, 3.63) is 53.1 Å². The number of likely N-dealkylation sites (N-methyl/N-ethyl adjacent to an activating group) is 1. The molecular weight excluding hydrogens is 366 g/mol. The van der Waals surface area contributed by atoms with E-state index in [2.05, 4.69) is 23.3 Å². The molecule has 2 aliphatic heterocycles. The molecule has 152 valence electrons. The van der Waals surface area contributed by atoms with Crippen LogP contribution in [-0.2, 0) is 4.79 Å². The highest BCUT2D eigenvalue weighted by Crippen LogP contribution is 2.42. The fourth-order valence-electron chi connectivity index (χ4n) is 4.35. The van der Waals surface area contributed by atoms with Gasteiger partial charge in [0.1, 0.15) is 0 Å². The maximum absolute atomic E-state index is 11.3. The fourth-order valence-corrected chi connectivity index (χ4v) is 4.35. The molecule has 0 saturated carbocycles. The van der Waals surface area contributed by atoms with Crippen LogP contribution in [0.4, 0.5) is 5.69 Å². The Hall–Kier alpha value is -2.86. The Labute approximate surface area is 171 Å². The molecule has 2 aliphatic rings. The number of likely N-dealkylation sites (tertiary alicyclic amines) is 1. The van der Waals surface area contributed by atoms with E-state index in [9.17, 15) is 4.79 Å². The minimum Gasteiger partial charge on any atom is -0.493 e. The van der Waals surface area contributed by atoms with Gasteiger partial charge in [-0.3, -0.25) is 9.79 Å². The van der Waals surface area contributed by atoms with E-state index in [0.717, 1.165) is 47.8 Å². The number of hydrogen-bond acceptors (Lipinski definition) is 5. The summed E-state index contributed by atoms with van der Waals surface area (Å²) in [6.45, 7) is 3.53. The van der Waals surface area contributed by atoms with Crippen molar-refractivity contribution >= 4 is 17.3 Å². The van der Waals surface area contributed by atoms with Crippen LogP contribution < -0.4 is 14.8 Å². The number of piperidine rings is 1. The van der Waals surface area contributed by atoms with E-state index in [1.165, 1.54) is 12.5 Å². The first kappa shape index (κ1) is 19.5. The minimum absolute atomic E-state index is 0.0795. The van der Waals surface area contributed by atoms with Crippen molar-refractivity contribution in [2.45, 2.75) is 25.3 Å². The Balaban J connectivity index is 1.81. The molecule has 1 saturated heterocycles. The molecule has 1 unspecified atom stereocenters. The van der Waals surface area contributed by atoms with Crippen LogP contribution in [0.1, 0.15) is 36.0 Å². The van der Waals surface area contributed by atoms with Gasteiger partial charge in [0, 0.05) is 36.2 Å². The topological polar surface area (TPSA) is 63.2 Å². The molecule has 0 radical (unpaired) electrons. The molecule has 0 aliphatic carbocycles. The molecule has 0 bridgehead atoms. The van der Waals surface area contributed by atoms with Gasteiger partial charge < -0.3 is 19.7 Å². The van der Waals surface area contributed by atoms with Gasteiger partial charge in [-0.05, 0) is 49.8 Å². The molecule has 6 nitrogen and oxygen atoms in total. The molecule has 4 rings (SSSR count). The first-order valence-corrected chi connectivity index (χ1v) is 9.90. The van der Waals surface area contributed by atoms with Gasteiger partial charge >= 0.3 is 0 Å². The molecule has 2 atom stereocenters. The average Bonchev–Trinajstić information content (AvgIpc) is 2.72. The van der Waals surface area contributed by atoms with Crippen molar-refractivity contribution in [2.24, 2.45) is 4.99 Å². The summed E-state index contributed by atoms with van der Waals surface area (Å²) in [4.78, 5) is 18.9. The number of nitrogens with one attached hydrogen (secondary N) is 1. The number of rotatable bonds is 4. The van der Waals surface area contributed by atoms with Gasteiger partial charge in [0.25, 0.3) is 0 Å². The van der Waals surface area contributed by atoms with Gasteiger partial charge in [-0.2, -0.15) is 0 Å². The van der Waals surface area contributed by atoms with Gasteiger partial charge in [0.2, 0.25) is 5.91 Å². The third-order valence-electron chi connectivity index (χ3n) is 5.76. The predicted molar refractivity (Wildman–Crippen MR) is 115 cm³/mol. The standard InChI is InChI=1S/C23H27N3O3/c1-14(27)24-16-7-5-15(6-8-16)23-18-12-22(29-4)21(28-3)11-17(18)19-13-26(2)10-9-20(19)25-23/h5-8,11-12,19-20H,9-10,13H2,1-4H3,(H,24,27)/t19?,20-/m0/s1. The molecule has 0 spiro atoms. The van der Waals surface area contributed by atoms with Crippen molar-refractivity contribution < 1.29 is 14.3 Å². The predicted octanol–water partition coefficient (Wildman–Crippen LogP) is 3.30. The lowest BCUT2D eigenvalue weighted by Crippen LogP contribution is -2.41. The van der Waals surface area contributed by atoms with Crippen molar-refractivity contribution in [3.63, 3.8) is 0 Å². The summed E-state index contributed by atoms with van der Waals surface area (Å²) in [5, 5.41) is 2.82. The number of ether oxygens (including phenoxy) is 2. The zero-order valence-corrected chi connectivity index (χ0v) is 17.4. The second-order valence-corrected chi connectivity index (χ2v) is 7.76. The largest absolute Gasteiger partial charge is 0.493 e. The van der Waals surface area contributed by atoms with Gasteiger partial charge in [0.15, 0.2) is 11.5 Å². The van der Waals surface area contributed by atoms with Crippen LogP contribution >= 0.6 is 0 Å². The van der Waals surface area contributed by atoms with Crippen LogP contribution in [0.3, 0.4) is 0 Å². The van der Waals surface area contributed by atoms with E-state index in [1.54, 1.807) is 14.2 Å². The zero-order chi connectivity index (χ0) is 20.5. The highest BCUT2D eigenvalue weighted by Gasteiger charge is 2.36. The van der Waals surface area contributed by atoms with Crippen molar-refractivity contribution in [3.8, 4) is 11.5 Å². The SMILES string of the molecule is COc1cc2c(cc1OC)C1CN(C)CC[C@@H]1N=C2c1ccc(NC(C)=O)cc1. The third-order valence-corrected chi connectivity index (χ3v) is 5.76. The number of fused-ring (bicyclic) bond motifs is 3. The lowest BCUT2D eigenvalue weighted by molar-refractivity contribution is -0.114. The van der Waals surface area contributed by atoms with E-state index >= 15 is 0 Å². The summed E-state index contributed by atoms with van der Waals surface area (Å²) >= 11 is 0. The summed E-state index contributed by atoms with van der Waals surface area (Å²) in [5.74, 6) is 1.71. The zero-order valence-electron chi connectivity index (χ0n) is 17.4. The first-order valence-electron chi connectivity index (χ1n) is 9.90. The number of aliphatic imine (C=N–C) groups is 1. The summed E-state index contributed by atoms with van der Waals surface area (Å²) < 4.78 is 11.2. The number of benzene rings is 2. The summed E-state index contributed by atoms with van der Waals surface area (Å²) in [6.07, 6.45) is 1.03. The van der Waals surface area contributed by atoms with Crippen LogP contribution in [-0.4, -0.2) is 56.9 Å². The van der Waals surface area contributed by atoms with Crippen molar-refractivity contribution in [2.75, 3.05) is 39.7 Å². The first-order chi connectivity index (χ1) is 14.0. The maximum Gasteiger partial charge on any atom is 0.221 e. The van der Waals surface area contributed by atoms with Gasteiger partial charge in [-0.15, -0.1) is 0 Å². The monoisotopic (exact) mass is 393 g/mol. The summed E-state index contributed by atoms with van der Waals surface area (Å²) in [6, 6.07) is 12.3. The lowest BCUT2D eigenvalue weighted by atomic mass is 9.79. The Morgan fingerprint density at radius 3 is 2.48 bits per heavy atom. The molecule has 2 heterocycles. The minimum atomic E-state index is -0.0795. The Morgan fingerprint density at radius 1 is 1.14 bits per heavy atom. The molecule has 1 fully saturated rings. The number of carbonyl (C=O) groups is 1. The van der Waals surface area contributed by atoms with Crippen LogP contribution in [0.15, 0.2) is 41.4 Å². The lowest BCUT2D eigenvalue weighted by Gasteiger charge is -2.39. The van der Waals surface area contributed by atoms with Crippen molar-refractivity contribution in [1.82, 2.24) is 4.90 Å². The van der Waals surface area contributed by atoms with Gasteiger partial charge in [-0.1, -0.05) is 12.1 Å². The van der Waals surface area contributed by atoms with Gasteiger partial charge in [0.05, 0.1) is 26.0 Å². The van der Waals surface area contributed by atoms with E-state index in [4.69, 9.17) is 14.5 Å². The van der Waals surface area contributed by atoms with Gasteiger partial charge in [-0.25, -0.2) is 0 Å². The molecule has 1 N–H and O–H groups in total. The smallest absolute Gasteiger partial charge is 0.221 e. The number of carbonyl (C=O) groups excluding carboxylic acids is 1. The highest BCUT2D eigenvalue weighted by molar-refractivity contribution is 6.15. The van der Waals surface area contributed by atoms with E-state index in [0.29, 0.717) is 11.7 Å². The summed E-state index contributed by atoms with van der Waals surface area (Å²) in [7, 11) is 5.49. The van der Waals surface area contributed by atoms with Crippen molar-refractivity contribution in [1.29, 1.82) is 0 Å². The highest BCUT2D eigenvalue weighted by atomic mass is 16.5. The van der Waals surface area contributed by atoms with Crippen LogP contribution in [0.5, 0.6) is 11.5 Å². The molecule has 29 heavy (non-hydrogen) atoms. The molecule has 0 aromatic heterocycles. The number of amides is 1. The second-order valence-electron chi connectivity index (χ2n) is 7.76. The third kappa shape index (κ3) is 3.72. The number of nitrogens with zero attached hydrogens (tertiary/aromatic N) is 2. The maximum atomic E-state index is 11.3. The average molecular weight is 393 g/mol. The second kappa shape index (κ2) is 7.87. The van der Waals surface area contributed by atoms with Crippen LogP contribution in [0.2, 0.25) is 0 Å². The fraction of sp³-hybridized carbons (Fsp3) is 0.391. The number of methoxy groups -OCH3 is 2. The molecule has 2 aromatic carbocycles. The molecule has 2 aromatic rings. The number of anilines is 1. The Bertz CT molecular complexity index is 953.